The van der Waals surface area contributed by atoms with Gasteiger partial charge in [0.1, 0.15) is 17.3 Å². The second-order valence-corrected chi connectivity index (χ2v) is 10.6. The maximum atomic E-state index is 14.0. The van der Waals surface area contributed by atoms with Gasteiger partial charge in [-0.3, -0.25) is 14.6 Å². The zero-order valence-electron chi connectivity index (χ0n) is 21.1. The molecule has 4 heterocycles. The Balaban J connectivity index is 1.41. The summed E-state index contributed by atoms with van der Waals surface area (Å²) < 4.78 is 5.50. The second-order valence-electron chi connectivity index (χ2n) is 10.6. The third-order valence-corrected chi connectivity index (χ3v) is 8.33. The Bertz CT molecular complexity index is 1290. The first kappa shape index (κ1) is 23.1. The highest BCUT2D eigenvalue weighted by atomic mass is 16.5. The van der Waals surface area contributed by atoms with E-state index in [1.54, 1.807) is 7.11 Å². The lowest BCUT2D eigenvalue weighted by Crippen LogP contribution is -2.53. The van der Waals surface area contributed by atoms with Crippen molar-refractivity contribution in [1.82, 2.24) is 19.7 Å². The first-order valence-electron chi connectivity index (χ1n) is 13.1. The van der Waals surface area contributed by atoms with Crippen LogP contribution in [0.15, 0.2) is 48.5 Å². The monoisotopic (exact) mass is 486 g/mol. The lowest BCUT2D eigenvalue weighted by Gasteiger charge is -2.42. The number of rotatable bonds is 5. The fourth-order valence-electron chi connectivity index (χ4n) is 6.40. The van der Waals surface area contributed by atoms with E-state index in [2.05, 4.69) is 9.88 Å². The summed E-state index contributed by atoms with van der Waals surface area (Å²) in [4.78, 5) is 37.3. The number of urea groups is 1. The third-order valence-electron chi connectivity index (χ3n) is 8.33. The molecule has 3 aliphatic heterocycles. The third kappa shape index (κ3) is 3.60. The number of ether oxygens (including phenoxy) is 1. The van der Waals surface area contributed by atoms with E-state index in [0.29, 0.717) is 13.0 Å². The second kappa shape index (κ2) is 8.96. The van der Waals surface area contributed by atoms with E-state index in [1.807, 2.05) is 60.4 Å². The summed E-state index contributed by atoms with van der Waals surface area (Å²) in [7, 11) is 1.66. The van der Waals surface area contributed by atoms with Crippen molar-refractivity contribution < 1.29 is 14.3 Å². The van der Waals surface area contributed by atoms with Crippen molar-refractivity contribution in [2.45, 2.75) is 50.6 Å². The minimum absolute atomic E-state index is 0.0915. The van der Waals surface area contributed by atoms with E-state index in [4.69, 9.17) is 4.74 Å². The van der Waals surface area contributed by atoms with Crippen LogP contribution in [0.2, 0.25) is 0 Å². The Labute approximate surface area is 212 Å². The van der Waals surface area contributed by atoms with Gasteiger partial charge in [-0.1, -0.05) is 43.2 Å². The topological polar surface area (TPSA) is 68.9 Å². The van der Waals surface area contributed by atoms with Gasteiger partial charge in [0.15, 0.2) is 0 Å². The smallest absolute Gasteiger partial charge is 0.328 e. The van der Waals surface area contributed by atoms with Crippen molar-refractivity contribution >= 4 is 22.8 Å². The van der Waals surface area contributed by atoms with Crippen LogP contribution in [0, 0.1) is 0 Å². The quantitative estimate of drug-likeness (QED) is 0.530. The Morgan fingerprint density at radius 1 is 1.00 bits per heavy atom. The van der Waals surface area contributed by atoms with Crippen LogP contribution in [-0.4, -0.2) is 70.4 Å². The van der Waals surface area contributed by atoms with Gasteiger partial charge in [-0.2, -0.15) is 0 Å². The Morgan fingerprint density at radius 2 is 1.75 bits per heavy atom. The SMILES string of the molecule is COc1ccc2[nH]c3c(c2c1)C[C@@]1(C)C(=O)N(CCN2CCCCCC2)C(=O)N1[C@@H]3c1ccccc1. The number of nitrogens with zero attached hydrogens (tertiary/aromatic N) is 3. The van der Waals surface area contributed by atoms with Gasteiger partial charge in [-0.25, -0.2) is 4.79 Å². The van der Waals surface area contributed by atoms with Crippen molar-refractivity contribution in [1.29, 1.82) is 0 Å². The van der Waals surface area contributed by atoms with E-state index in [9.17, 15) is 9.59 Å². The molecule has 2 aromatic carbocycles. The summed E-state index contributed by atoms with van der Waals surface area (Å²) >= 11 is 0. The molecule has 2 saturated heterocycles. The number of amides is 3. The molecular formula is C29H34N4O3. The zero-order valence-corrected chi connectivity index (χ0v) is 21.1. The van der Waals surface area contributed by atoms with Crippen LogP contribution < -0.4 is 4.74 Å². The van der Waals surface area contributed by atoms with Crippen molar-refractivity contribution in [3.05, 3.63) is 65.4 Å². The standard InChI is InChI=1S/C29H34N4O3/c1-29-19-23-22-18-21(36-2)12-13-24(22)30-25(23)26(20-10-6-5-7-11-20)33(29)28(35)32(27(29)34)17-16-31-14-8-3-4-9-15-31/h5-7,10-13,18,26,30H,3-4,8-9,14-17,19H2,1-2H3/t26-,29+/m1/s1. The van der Waals surface area contributed by atoms with Crippen molar-refractivity contribution in [2.75, 3.05) is 33.3 Å². The first-order valence-corrected chi connectivity index (χ1v) is 13.1. The van der Waals surface area contributed by atoms with Crippen LogP contribution in [-0.2, 0) is 11.2 Å². The fourth-order valence-corrected chi connectivity index (χ4v) is 6.40. The summed E-state index contributed by atoms with van der Waals surface area (Å²) in [5.74, 6) is 0.687. The van der Waals surface area contributed by atoms with Gasteiger partial charge >= 0.3 is 6.03 Å². The summed E-state index contributed by atoms with van der Waals surface area (Å²) in [6.45, 7) is 5.21. The Morgan fingerprint density at radius 3 is 2.47 bits per heavy atom. The summed E-state index contributed by atoms with van der Waals surface area (Å²) in [5, 5.41) is 1.05. The molecule has 6 rings (SSSR count). The highest BCUT2D eigenvalue weighted by Crippen LogP contribution is 2.48. The lowest BCUT2D eigenvalue weighted by atomic mass is 9.81. The van der Waals surface area contributed by atoms with Gasteiger partial charge < -0.3 is 14.6 Å². The van der Waals surface area contributed by atoms with Gasteiger partial charge in [-0.05, 0) is 62.2 Å². The zero-order chi connectivity index (χ0) is 24.9. The van der Waals surface area contributed by atoms with Gasteiger partial charge in [0.2, 0.25) is 0 Å². The number of aromatic nitrogens is 1. The number of likely N-dealkylation sites (tertiary alicyclic amines) is 1. The predicted octanol–water partition coefficient (Wildman–Crippen LogP) is 4.72. The van der Waals surface area contributed by atoms with Gasteiger partial charge in [0, 0.05) is 36.1 Å². The van der Waals surface area contributed by atoms with Crippen LogP contribution in [0.3, 0.4) is 0 Å². The maximum Gasteiger partial charge on any atom is 0.328 e. The summed E-state index contributed by atoms with van der Waals surface area (Å²) in [5.41, 5.74) is 3.12. The first-order chi connectivity index (χ1) is 17.5. The number of hydrogen-bond donors (Lipinski definition) is 1. The van der Waals surface area contributed by atoms with E-state index in [1.165, 1.54) is 30.6 Å². The van der Waals surface area contributed by atoms with Crippen LogP contribution in [0.4, 0.5) is 4.79 Å². The van der Waals surface area contributed by atoms with Crippen molar-refractivity contribution in [3.8, 4) is 5.75 Å². The molecule has 1 aromatic heterocycles. The number of carbonyl (C=O) groups excluding carboxylic acids is 2. The number of imide groups is 1. The van der Waals surface area contributed by atoms with E-state index in [-0.39, 0.29) is 18.0 Å². The molecule has 1 N–H and O–H groups in total. The van der Waals surface area contributed by atoms with E-state index < -0.39 is 5.54 Å². The molecule has 36 heavy (non-hydrogen) atoms. The number of H-pyrrole nitrogens is 1. The molecule has 3 aromatic rings. The highest BCUT2D eigenvalue weighted by molar-refractivity contribution is 6.08. The molecule has 2 fully saturated rings. The van der Waals surface area contributed by atoms with E-state index >= 15 is 0 Å². The number of carbonyl (C=O) groups is 2. The van der Waals surface area contributed by atoms with Crippen molar-refractivity contribution in [3.63, 3.8) is 0 Å². The summed E-state index contributed by atoms with van der Waals surface area (Å²) in [6, 6.07) is 15.5. The maximum absolute atomic E-state index is 14.0. The van der Waals surface area contributed by atoms with Crippen LogP contribution in [0.5, 0.6) is 5.75 Å². The number of aromatic amines is 1. The molecule has 0 aliphatic carbocycles. The minimum atomic E-state index is -0.943. The van der Waals surface area contributed by atoms with Crippen LogP contribution in [0.1, 0.15) is 55.5 Å². The normalized spacial score (nSPS) is 24.7. The molecule has 3 aliphatic rings. The molecule has 3 amide bonds. The van der Waals surface area contributed by atoms with E-state index in [0.717, 1.165) is 53.1 Å². The molecule has 7 heteroatoms. The average molecular weight is 487 g/mol. The Kier molecular flexibility index (Phi) is 5.75. The molecule has 7 nitrogen and oxygen atoms in total. The fraction of sp³-hybridized carbons (Fsp3) is 0.448. The average Bonchev–Trinajstić information content (AvgIpc) is 3.17. The molecule has 0 unspecified atom stereocenters. The van der Waals surface area contributed by atoms with Crippen LogP contribution >= 0.6 is 0 Å². The summed E-state index contributed by atoms with van der Waals surface area (Å²) in [6.07, 6.45) is 5.38. The molecule has 2 atom stereocenters. The molecule has 0 spiro atoms. The highest BCUT2D eigenvalue weighted by Gasteiger charge is 2.60. The molecule has 188 valence electrons. The number of benzene rings is 2. The Hall–Kier alpha value is -3.32. The van der Waals surface area contributed by atoms with Gasteiger partial charge in [0.25, 0.3) is 5.91 Å². The van der Waals surface area contributed by atoms with Crippen molar-refractivity contribution in [2.24, 2.45) is 0 Å². The molecule has 0 saturated carbocycles. The number of nitrogens with one attached hydrogen (secondary N) is 1. The molecule has 0 bridgehead atoms. The van der Waals surface area contributed by atoms with Gasteiger partial charge in [-0.15, -0.1) is 0 Å². The minimum Gasteiger partial charge on any atom is -0.497 e. The van der Waals surface area contributed by atoms with Gasteiger partial charge in [0.05, 0.1) is 7.11 Å². The molecular weight excluding hydrogens is 452 g/mol. The number of fused-ring (bicyclic) bond motifs is 4. The number of methoxy groups -OCH3 is 1. The lowest BCUT2D eigenvalue weighted by molar-refractivity contribution is -0.133. The van der Waals surface area contributed by atoms with Crippen LogP contribution in [0.25, 0.3) is 10.9 Å². The predicted molar refractivity (Wildman–Crippen MR) is 139 cm³/mol. The molecule has 0 radical (unpaired) electrons. The largest absolute Gasteiger partial charge is 0.497 e. The number of hydrogen-bond acceptors (Lipinski definition) is 4.